The van der Waals surface area contributed by atoms with Gasteiger partial charge in [-0.2, -0.15) is 5.10 Å². The molecule has 0 spiro atoms. The predicted molar refractivity (Wildman–Crippen MR) is 56.9 cm³/mol. The van der Waals surface area contributed by atoms with Crippen LogP contribution in [0.5, 0.6) is 0 Å². The summed E-state index contributed by atoms with van der Waals surface area (Å²) in [6.07, 6.45) is 5.15. The number of rotatable bonds is 2. The Morgan fingerprint density at radius 1 is 1.79 bits per heavy atom. The Hall–Kier alpha value is -1.32. The van der Waals surface area contributed by atoms with Gasteiger partial charge in [-0.15, -0.1) is 0 Å². The van der Waals surface area contributed by atoms with Crippen LogP contribution in [0, 0.1) is 5.92 Å². The van der Waals surface area contributed by atoms with Crippen LogP contribution in [0.4, 0.5) is 4.79 Å². The first-order valence-corrected chi connectivity index (χ1v) is 4.94. The minimum absolute atomic E-state index is 0.596. The predicted octanol–water partition coefficient (Wildman–Crippen LogP) is 1.78. The van der Waals surface area contributed by atoms with Crippen molar-refractivity contribution < 1.29 is 4.79 Å². The molecule has 1 aliphatic carbocycles. The van der Waals surface area contributed by atoms with Crippen LogP contribution >= 0.6 is 0 Å². The van der Waals surface area contributed by atoms with Crippen LogP contribution in [0.1, 0.15) is 33.1 Å². The third-order valence-corrected chi connectivity index (χ3v) is 2.36. The average Bonchev–Trinajstić information content (AvgIpc) is 2.15. The van der Waals surface area contributed by atoms with Gasteiger partial charge in [0.05, 0.1) is 5.71 Å². The molecule has 1 aliphatic rings. The second kappa shape index (κ2) is 4.79. The fourth-order valence-electron chi connectivity index (χ4n) is 1.59. The maximum atomic E-state index is 10.5. The van der Waals surface area contributed by atoms with Crippen molar-refractivity contribution in [1.82, 2.24) is 5.43 Å². The zero-order valence-corrected chi connectivity index (χ0v) is 8.71. The molecule has 3 N–H and O–H groups in total. The van der Waals surface area contributed by atoms with Crippen LogP contribution in [0.2, 0.25) is 0 Å². The first-order valence-electron chi connectivity index (χ1n) is 4.94. The molecule has 0 aromatic carbocycles. The first-order chi connectivity index (χ1) is 6.63. The molecular weight excluding hydrogens is 178 g/mol. The van der Waals surface area contributed by atoms with Gasteiger partial charge in [-0.25, -0.2) is 10.2 Å². The number of hydrogen-bond donors (Lipinski definition) is 2. The van der Waals surface area contributed by atoms with E-state index in [2.05, 4.69) is 30.5 Å². The van der Waals surface area contributed by atoms with Gasteiger partial charge in [0.15, 0.2) is 0 Å². The van der Waals surface area contributed by atoms with E-state index >= 15 is 0 Å². The summed E-state index contributed by atoms with van der Waals surface area (Å²) in [6, 6.07) is -0.605. The van der Waals surface area contributed by atoms with Crippen LogP contribution < -0.4 is 11.2 Å². The number of carbonyl (C=O) groups excluding carboxylic acids is 1. The number of nitrogens with two attached hydrogens (primary N) is 1. The number of allylic oxidation sites excluding steroid dienone is 2. The van der Waals surface area contributed by atoms with E-state index in [1.165, 1.54) is 5.57 Å². The molecule has 1 atom stereocenters. The summed E-state index contributed by atoms with van der Waals surface area (Å²) in [5.74, 6) is 0.596. The second-order valence-electron chi connectivity index (χ2n) is 3.66. The summed E-state index contributed by atoms with van der Waals surface area (Å²) in [4.78, 5) is 10.5. The summed E-state index contributed by atoms with van der Waals surface area (Å²) < 4.78 is 0. The zero-order chi connectivity index (χ0) is 10.6. The van der Waals surface area contributed by atoms with Gasteiger partial charge in [-0.1, -0.05) is 19.9 Å². The third-order valence-electron chi connectivity index (χ3n) is 2.36. The minimum atomic E-state index is -0.605. The summed E-state index contributed by atoms with van der Waals surface area (Å²) in [6.45, 7) is 4.25. The molecule has 0 radical (unpaired) electrons. The Morgan fingerprint density at radius 3 is 3.07 bits per heavy atom. The van der Waals surface area contributed by atoms with E-state index in [1.54, 1.807) is 0 Å². The van der Waals surface area contributed by atoms with Crippen molar-refractivity contribution in [2.75, 3.05) is 0 Å². The number of carbonyl (C=O) groups is 1. The van der Waals surface area contributed by atoms with E-state index in [0.717, 1.165) is 25.0 Å². The van der Waals surface area contributed by atoms with Crippen molar-refractivity contribution in [2.45, 2.75) is 33.1 Å². The molecule has 14 heavy (non-hydrogen) atoms. The fourth-order valence-corrected chi connectivity index (χ4v) is 1.59. The van der Waals surface area contributed by atoms with Gasteiger partial charge in [-0.05, 0) is 30.8 Å². The van der Waals surface area contributed by atoms with Crippen molar-refractivity contribution in [3.8, 4) is 0 Å². The lowest BCUT2D eigenvalue weighted by molar-refractivity contribution is 0.249. The van der Waals surface area contributed by atoms with Crippen LogP contribution in [0.25, 0.3) is 0 Å². The lowest BCUT2D eigenvalue weighted by Crippen LogP contribution is -2.27. The largest absolute Gasteiger partial charge is 0.350 e. The smallest absolute Gasteiger partial charge is 0.332 e. The van der Waals surface area contributed by atoms with E-state index < -0.39 is 6.03 Å². The van der Waals surface area contributed by atoms with E-state index in [1.807, 2.05) is 0 Å². The van der Waals surface area contributed by atoms with Crippen LogP contribution in [0.3, 0.4) is 0 Å². The first kappa shape index (κ1) is 10.8. The van der Waals surface area contributed by atoms with E-state index in [9.17, 15) is 4.79 Å². The normalized spacial score (nSPS) is 24.6. The minimum Gasteiger partial charge on any atom is -0.350 e. The van der Waals surface area contributed by atoms with Gasteiger partial charge >= 0.3 is 6.03 Å². The molecule has 0 heterocycles. The molecule has 78 valence electrons. The quantitative estimate of drug-likeness (QED) is 0.648. The Morgan fingerprint density at radius 2 is 2.50 bits per heavy atom. The number of amides is 2. The third kappa shape index (κ3) is 2.87. The maximum Gasteiger partial charge on any atom is 0.332 e. The summed E-state index contributed by atoms with van der Waals surface area (Å²) in [5.41, 5.74) is 9.42. The lowest BCUT2D eigenvalue weighted by Gasteiger charge is -2.19. The highest BCUT2D eigenvalue weighted by Crippen LogP contribution is 2.22. The highest BCUT2D eigenvalue weighted by atomic mass is 16.2. The Labute approximate surface area is 84.2 Å². The topological polar surface area (TPSA) is 67.5 Å². The summed E-state index contributed by atoms with van der Waals surface area (Å²) in [7, 11) is 0. The summed E-state index contributed by atoms with van der Waals surface area (Å²) >= 11 is 0. The van der Waals surface area contributed by atoms with Gasteiger partial charge in [0.2, 0.25) is 0 Å². The monoisotopic (exact) mass is 195 g/mol. The Bertz CT molecular complexity index is 281. The van der Waals surface area contributed by atoms with Gasteiger partial charge < -0.3 is 5.73 Å². The number of primary amides is 1. The molecule has 0 fully saturated rings. The average molecular weight is 195 g/mol. The van der Waals surface area contributed by atoms with Gasteiger partial charge in [0.1, 0.15) is 0 Å². The standard InChI is InChI=1S/C10H17N3O/c1-3-8-5-4-7(2)6-9(8)12-13-10(11)14/h5,7H,3-4,6H2,1-2H3,(H3,11,13,14)/b12-9-. The zero-order valence-electron chi connectivity index (χ0n) is 8.71. The highest BCUT2D eigenvalue weighted by Gasteiger charge is 2.15. The van der Waals surface area contributed by atoms with Crippen molar-refractivity contribution in [3.05, 3.63) is 11.6 Å². The Kier molecular flexibility index (Phi) is 3.68. The van der Waals surface area contributed by atoms with Crippen LogP contribution in [-0.2, 0) is 0 Å². The van der Waals surface area contributed by atoms with Crippen molar-refractivity contribution >= 4 is 11.7 Å². The van der Waals surface area contributed by atoms with Crippen molar-refractivity contribution in [2.24, 2.45) is 16.8 Å². The second-order valence-corrected chi connectivity index (χ2v) is 3.66. The Balaban J connectivity index is 2.73. The molecule has 4 nitrogen and oxygen atoms in total. The molecule has 0 aromatic heterocycles. The van der Waals surface area contributed by atoms with Crippen molar-refractivity contribution in [1.29, 1.82) is 0 Å². The summed E-state index contributed by atoms with van der Waals surface area (Å²) in [5, 5.41) is 4.01. The fraction of sp³-hybridized carbons (Fsp3) is 0.600. The SMILES string of the molecule is CCC1=CCC(C)C/C1=N/NC(N)=O. The lowest BCUT2D eigenvalue weighted by atomic mass is 9.88. The highest BCUT2D eigenvalue weighted by molar-refractivity contribution is 6.01. The number of nitrogens with zero attached hydrogens (tertiary/aromatic N) is 1. The van der Waals surface area contributed by atoms with Gasteiger partial charge in [0.25, 0.3) is 0 Å². The molecule has 1 rings (SSSR count). The number of hydrogen-bond acceptors (Lipinski definition) is 2. The van der Waals surface area contributed by atoms with E-state index in [0.29, 0.717) is 5.92 Å². The molecule has 4 heteroatoms. The van der Waals surface area contributed by atoms with Gasteiger partial charge in [0, 0.05) is 0 Å². The maximum absolute atomic E-state index is 10.5. The van der Waals surface area contributed by atoms with E-state index in [4.69, 9.17) is 5.73 Å². The molecule has 0 bridgehead atoms. The number of urea groups is 1. The van der Waals surface area contributed by atoms with Crippen LogP contribution in [-0.4, -0.2) is 11.7 Å². The van der Waals surface area contributed by atoms with Gasteiger partial charge in [-0.3, -0.25) is 0 Å². The van der Waals surface area contributed by atoms with Crippen molar-refractivity contribution in [3.63, 3.8) is 0 Å². The molecule has 0 saturated carbocycles. The molecule has 0 saturated heterocycles. The molecule has 0 aromatic rings. The molecular formula is C10H17N3O. The van der Waals surface area contributed by atoms with Crippen LogP contribution in [0.15, 0.2) is 16.8 Å². The molecule has 0 aliphatic heterocycles. The molecule has 2 amide bonds. The molecule has 1 unspecified atom stereocenters. The van der Waals surface area contributed by atoms with E-state index in [-0.39, 0.29) is 0 Å². The number of nitrogens with one attached hydrogen (secondary N) is 1. The number of hydrazone groups is 1.